The summed E-state index contributed by atoms with van der Waals surface area (Å²) in [7, 11) is 1.74. The Morgan fingerprint density at radius 2 is 1.92 bits per heavy atom. The third-order valence-electron chi connectivity index (χ3n) is 2.00. The second-order valence-electron chi connectivity index (χ2n) is 3.32. The van der Waals surface area contributed by atoms with Crippen molar-refractivity contribution in [2.24, 2.45) is 0 Å². The lowest BCUT2D eigenvalue weighted by atomic mass is 10.3. The van der Waals surface area contributed by atoms with Gasteiger partial charge in [-0.15, -0.1) is 11.6 Å². The minimum atomic E-state index is 0.288. The second-order valence-corrected chi connectivity index (χ2v) is 3.70. The fraction of sp³-hybridized carbons (Fsp3) is 1.00. The Balaban J connectivity index is 3.77. The van der Waals surface area contributed by atoms with E-state index in [9.17, 15) is 0 Å². The molecule has 1 unspecified atom stereocenters. The number of alkyl halides is 1. The summed E-state index contributed by atoms with van der Waals surface area (Å²) >= 11 is 5.68. The van der Waals surface area contributed by atoms with Crippen LogP contribution in [0.2, 0.25) is 0 Å². The molecule has 0 radical (unpaired) electrons. The molecule has 1 atom stereocenters. The molecule has 0 aromatic heterocycles. The van der Waals surface area contributed by atoms with E-state index in [0.717, 1.165) is 13.1 Å². The molecule has 0 aliphatic heterocycles. The summed E-state index contributed by atoms with van der Waals surface area (Å²) in [4.78, 5) is 2.32. The standard InChI is InChI=1S/C9H20ClNO/c1-8(2)11(6-5-10)7-9(3)12-4/h8-9H,5-7H2,1-4H3. The van der Waals surface area contributed by atoms with Gasteiger partial charge < -0.3 is 4.74 Å². The summed E-state index contributed by atoms with van der Waals surface area (Å²) in [5.74, 6) is 0.689. The van der Waals surface area contributed by atoms with Crippen LogP contribution in [0.25, 0.3) is 0 Å². The fourth-order valence-corrected chi connectivity index (χ4v) is 1.29. The maximum atomic E-state index is 5.68. The lowest BCUT2D eigenvalue weighted by Crippen LogP contribution is -2.38. The topological polar surface area (TPSA) is 12.5 Å². The summed E-state index contributed by atoms with van der Waals surface area (Å²) in [6.45, 7) is 8.32. The number of hydrogen-bond acceptors (Lipinski definition) is 2. The Hall–Kier alpha value is 0.210. The van der Waals surface area contributed by atoms with Gasteiger partial charge in [-0.3, -0.25) is 4.90 Å². The summed E-state index contributed by atoms with van der Waals surface area (Å²) in [6.07, 6.45) is 0.288. The minimum Gasteiger partial charge on any atom is -0.380 e. The first-order valence-electron chi connectivity index (χ1n) is 4.44. The monoisotopic (exact) mass is 193 g/mol. The van der Waals surface area contributed by atoms with Gasteiger partial charge in [-0.1, -0.05) is 0 Å². The van der Waals surface area contributed by atoms with Gasteiger partial charge in [0.15, 0.2) is 0 Å². The van der Waals surface area contributed by atoms with E-state index in [1.165, 1.54) is 0 Å². The first-order chi connectivity index (χ1) is 5.61. The Bertz CT molecular complexity index is 109. The zero-order valence-corrected chi connectivity index (χ0v) is 9.27. The molecule has 0 heterocycles. The summed E-state index contributed by atoms with van der Waals surface area (Å²) in [5.41, 5.74) is 0. The van der Waals surface area contributed by atoms with Gasteiger partial charge in [0, 0.05) is 32.1 Å². The van der Waals surface area contributed by atoms with Crippen LogP contribution in [0.1, 0.15) is 20.8 Å². The van der Waals surface area contributed by atoms with Crippen LogP contribution >= 0.6 is 11.6 Å². The first-order valence-corrected chi connectivity index (χ1v) is 4.98. The van der Waals surface area contributed by atoms with E-state index in [2.05, 4.69) is 25.7 Å². The van der Waals surface area contributed by atoms with Crippen molar-refractivity contribution < 1.29 is 4.74 Å². The average Bonchev–Trinajstić information content (AvgIpc) is 2.03. The Labute approximate surface area is 80.8 Å². The molecule has 0 rings (SSSR count). The first kappa shape index (κ1) is 12.2. The average molecular weight is 194 g/mol. The molecule has 0 saturated carbocycles. The molecule has 0 aliphatic rings. The highest BCUT2D eigenvalue weighted by Crippen LogP contribution is 2.01. The molecule has 3 heteroatoms. The largest absolute Gasteiger partial charge is 0.380 e. The van der Waals surface area contributed by atoms with Crippen molar-refractivity contribution in [1.82, 2.24) is 4.90 Å². The molecule has 0 fully saturated rings. The predicted octanol–water partition coefficient (Wildman–Crippen LogP) is 1.97. The van der Waals surface area contributed by atoms with E-state index in [1.807, 2.05) is 0 Å². The smallest absolute Gasteiger partial charge is 0.0670 e. The fourth-order valence-electron chi connectivity index (χ4n) is 1.07. The molecule has 0 N–H and O–H groups in total. The van der Waals surface area contributed by atoms with E-state index in [0.29, 0.717) is 11.9 Å². The van der Waals surface area contributed by atoms with Crippen molar-refractivity contribution in [2.75, 3.05) is 26.1 Å². The maximum absolute atomic E-state index is 5.68. The van der Waals surface area contributed by atoms with E-state index in [4.69, 9.17) is 16.3 Å². The summed E-state index contributed by atoms with van der Waals surface area (Å²) in [5, 5.41) is 0. The van der Waals surface area contributed by atoms with Crippen molar-refractivity contribution in [3.8, 4) is 0 Å². The van der Waals surface area contributed by atoms with Crippen molar-refractivity contribution in [1.29, 1.82) is 0 Å². The molecule has 74 valence electrons. The van der Waals surface area contributed by atoms with Crippen LogP contribution in [0, 0.1) is 0 Å². The number of nitrogens with zero attached hydrogens (tertiary/aromatic N) is 1. The molecule has 0 aliphatic carbocycles. The molecule has 2 nitrogen and oxygen atoms in total. The SMILES string of the molecule is COC(C)CN(CCCl)C(C)C. The van der Waals surface area contributed by atoms with Crippen molar-refractivity contribution in [3.05, 3.63) is 0 Å². The third kappa shape index (κ3) is 4.96. The third-order valence-corrected chi connectivity index (χ3v) is 2.17. The van der Waals surface area contributed by atoms with Gasteiger partial charge >= 0.3 is 0 Å². The van der Waals surface area contributed by atoms with E-state index in [1.54, 1.807) is 7.11 Å². The number of ether oxygens (including phenoxy) is 1. The van der Waals surface area contributed by atoms with Gasteiger partial charge in [0.1, 0.15) is 0 Å². The van der Waals surface area contributed by atoms with Crippen molar-refractivity contribution in [2.45, 2.75) is 32.9 Å². The lowest BCUT2D eigenvalue weighted by molar-refractivity contribution is 0.0683. The second kappa shape index (κ2) is 6.70. The highest BCUT2D eigenvalue weighted by Gasteiger charge is 2.11. The Morgan fingerprint density at radius 1 is 1.33 bits per heavy atom. The number of hydrogen-bond donors (Lipinski definition) is 0. The number of rotatable bonds is 6. The van der Waals surface area contributed by atoms with Crippen LogP contribution in [0.3, 0.4) is 0 Å². The summed E-state index contributed by atoms with van der Waals surface area (Å²) in [6, 6.07) is 0.543. The maximum Gasteiger partial charge on any atom is 0.0670 e. The van der Waals surface area contributed by atoms with Crippen LogP contribution in [0.5, 0.6) is 0 Å². The molecular formula is C9H20ClNO. The van der Waals surface area contributed by atoms with E-state index >= 15 is 0 Å². The van der Waals surface area contributed by atoms with Gasteiger partial charge in [-0.25, -0.2) is 0 Å². The Morgan fingerprint density at radius 3 is 2.25 bits per heavy atom. The zero-order chi connectivity index (χ0) is 9.56. The van der Waals surface area contributed by atoms with Crippen LogP contribution in [-0.2, 0) is 4.74 Å². The molecule has 0 saturated heterocycles. The van der Waals surface area contributed by atoms with E-state index in [-0.39, 0.29) is 6.10 Å². The van der Waals surface area contributed by atoms with E-state index < -0.39 is 0 Å². The lowest BCUT2D eigenvalue weighted by Gasteiger charge is -2.27. The molecule has 0 aromatic rings. The highest BCUT2D eigenvalue weighted by molar-refractivity contribution is 6.18. The van der Waals surface area contributed by atoms with Gasteiger partial charge in [0.25, 0.3) is 0 Å². The number of halogens is 1. The molecular weight excluding hydrogens is 174 g/mol. The van der Waals surface area contributed by atoms with Crippen LogP contribution in [0.4, 0.5) is 0 Å². The minimum absolute atomic E-state index is 0.288. The number of methoxy groups -OCH3 is 1. The van der Waals surface area contributed by atoms with Gasteiger partial charge in [0.05, 0.1) is 6.10 Å². The van der Waals surface area contributed by atoms with Gasteiger partial charge in [0.2, 0.25) is 0 Å². The molecule has 0 amide bonds. The Kier molecular flexibility index (Phi) is 6.81. The van der Waals surface area contributed by atoms with Crippen LogP contribution in [0.15, 0.2) is 0 Å². The van der Waals surface area contributed by atoms with Gasteiger partial charge in [-0.2, -0.15) is 0 Å². The van der Waals surface area contributed by atoms with Crippen molar-refractivity contribution >= 4 is 11.6 Å². The summed E-state index contributed by atoms with van der Waals surface area (Å²) < 4.78 is 5.19. The highest BCUT2D eigenvalue weighted by atomic mass is 35.5. The van der Waals surface area contributed by atoms with Crippen LogP contribution < -0.4 is 0 Å². The molecule has 0 bridgehead atoms. The predicted molar refractivity (Wildman–Crippen MR) is 53.9 cm³/mol. The molecule has 0 spiro atoms. The van der Waals surface area contributed by atoms with Crippen molar-refractivity contribution in [3.63, 3.8) is 0 Å². The zero-order valence-electron chi connectivity index (χ0n) is 8.51. The van der Waals surface area contributed by atoms with Crippen LogP contribution in [-0.4, -0.2) is 43.1 Å². The normalized spacial score (nSPS) is 14.2. The molecule has 12 heavy (non-hydrogen) atoms. The van der Waals surface area contributed by atoms with Gasteiger partial charge in [-0.05, 0) is 20.8 Å². The molecule has 0 aromatic carbocycles. The quantitative estimate of drug-likeness (QED) is 0.599.